The van der Waals surface area contributed by atoms with Crippen molar-refractivity contribution in [1.82, 2.24) is 5.32 Å². The number of rotatable bonds is 3. The summed E-state index contributed by atoms with van der Waals surface area (Å²) < 4.78 is 0. The van der Waals surface area contributed by atoms with Gasteiger partial charge in [-0.25, -0.2) is 0 Å². The lowest BCUT2D eigenvalue weighted by atomic mass is 9.82. The van der Waals surface area contributed by atoms with Crippen LogP contribution in [-0.2, 0) is 12.8 Å². The molecule has 1 heterocycles. The minimum atomic E-state index is -0.387. The van der Waals surface area contributed by atoms with Gasteiger partial charge in [-0.3, -0.25) is 14.9 Å². The molecule has 0 fully saturated rings. The number of hydrogen-bond acceptors (Lipinski definition) is 4. The van der Waals surface area contributed by atoms with Gasteiger partial charge in [-0.1, -0.05) is 11.3 Å². The smallest absolute Gasteiger partial charge is 0.258 e. The summed E-state index contributed by atoms with van der Waals surface area (Å²) in [5.41, 5.74) is 10.7. The first-order valence-corrected chi connectivity index (χ1v) is 7.32. The zero-order valence-corrected chi connectivity index (χ0v) is 12.1. The molecule has 1 aliphatic heterocycles. The monoisotopic (exact) mass is 307 g/mol. The van der Waals surface area contributed by atoms with Gasteiger partial charge < -0.3 is 5.32 Å². The summed E-state index contributed by atoms with van der Waals surface area (Å²) >= 11 is 0. The van der Waals surface area contributed by atoms with Crippen molar-refractivity contribution in [3.63, 3.8) is 0 Å². The van der Waals surface area contributed by atoms with Crippen molar-refractivity contribution in [2.24, 2.45) is 10.3 Å². The average molecular weight is 307 g/mol. The molecule has 1 aliphatic carbocycles. The first-order chi connectivity index (χ1) is 11.2. The Hall–Kier alpha value is -3.09. The van der Waals surface area contributed by atoms with Gasteiger partial charge in [0.1, 0.15) is 6.34 Å². The molecule has 7 nitrogen and oxygen atoms in total. The molecule has 2 amide bonds. The number of amides is 2. The summed E-state index contributed by atoms with van der Waals surface area (Å²) in [6.07, 6.45) is 4.12. The van der Waals surface area contributed by atoms with Gasteiger partial charge in [0.15, 0.2) is 0 Å². The molecule has 4 rings (SSSR count). The van der Waals surface area contributed by atoms with Crippen molar-refractivity contribution in [3.05, 3.63) is 40.5 Å². The second-order valence-electron chi connectivity index (χ2n) is 5.60. The molecular formula is C16H13N5O2. The maximum absolute atomic E-state index is 12.3. The molecule has 0 saturated carbocycles. The van der Waals surface area contributed by atoms with E-state index < -0.39 is 0 Å². The standard InChI is InChI=1S/C16H13N5O2/c17-21-19-7-18-12-6-11-14-10(15(22)20-16(11)23)5-4-8-2-1-3-9(12)13(8)14/h4-7H,1-3H2,(H2,17,18,19)(H,20,22,23). The topological polar surface area (TPSA) is 107 Å². The van der Waals surface area contributed by atoms with E-state index in [-0.39, 0.29) is 11.8 Å². The van der Waals surface area contributed by atoms with E-state index in [1.807, 2.05) is 6.07 Å². The highest BCUT2D eigenvalue weighted by Gasteiger charge is 2.29. The second kappa shape index (κ2) is 4.98. The number of benzene rings is 2. The highest BCUT2D eigenvalue weighted by molar-refractivity contribution is 6.27. The van der Waals surface area contributed by atoms with Crippen LogP contribution in [0.4, 0.5) is 5.69 Å². The van der Waals surface area contributed by atoms with Crippen molar-refractivity contribution in [2.75, 3.05) is 5.32 Å². The van der Waals surface area contributed by atoms with Crippen molar-refractivity contribution in [1.29, 1.82) is 5.53 Å². The van der Waals surface area contributed by atoms with Crippen LogP contribution in [0.25, 0.3) is 10.8 Å². The fourth-order valence-corrected chi connectivity index (χ4v) is 3.49. The summed E-state index contributed by atoms with van der Waals surface area (Å²) in [4.78, 5) is 24.4. The van der Waals surface area contributed by atoms with Crippen LogP contribution in [0.15, 0.2) is 28.5 Å². The van der Waals surface area contributed by atoms with E-state index in [1.54, 1.807) is 12.1 Å². The second-order valence-corrected chi connectivity index (χ2v) is 5.60. The van der Waals surface area contributed by atoms with Crippen molar-refractivity contribution in [3.8, 4) is 0 Å². The van der Waals surface area contributed by atoms with E-state index in [9.17, 15) is 9.59 Å². The molecule has 0 bridgehead atoms. The molecule has 0 atom stereocenters. The van der Waals surface area contributed by atoms with Gasteiger partial charge in [-0.15, -0.1) is 5.10 Å². The highest BCUT2D eigenvalue weighted by atomic mass is 16.2. The van der Waals surface area contributed by atoms with E-state index in [4.69, 9.17) is 5.53 Å². The zero-order valence-electron chi connectivity index (χ0n) is 12.1. The van der Waals surface area contributed by atoms with E-state index in [0.29, 0.717) is 11.1 Å². The molecule has 0 aromatic heterocycles. The van der Waals surface area contributed by atoms with Gasteiger partial charge in [0.05, 0.1) is 5.56 Å². The third kappa shape index (κ3) is 1.93. The summed E-state index contributed by atoms with van der Waals surface area (Å²) in [6.45, 7) is 0. The lowest BCUT2D eigenvalue weighted by Gasteiger charge is -2.25. The Morgan fingerprint density at radius 2 is 1.96 bits per heavy atom. The Morgan fingerprint density at radius 1 is 1.13 bits per heavy atom. The number of anilines is 1. The van der Waals surface area contributed by atoms with Gasteiger partial charge in [0.2, 0.25) is 0 Å². The summed E-state index contributed by atoms with van der Waals surface area (Å²) in [7, 11) is 0. The van der Waals surface area contributed by atoms with Crippen LogP contribution in [0.5, 0.6) is 0 Å². The van der Waals surface area contributed by atoms with Gasteiger partial charge in [0.25, 0.3) is 11.8 Å². The number of imide groups is 1. The molecule has 2 aliphatic rings. The van der Waals surface area contributed by atoms with E-state index in [1.165, 1.54) is 6.34 Å². The number of hydrogen-bond donors (Lipinski definition) is 3. The molecule has 2 aromatic carbocycles. The predicted molar refractivity (Wildman–Crippen MR) is 85.0 cm³/mol. The minimum Gasteiger partial charge on any atom is -0.345 e. The molecule has 0 saturated heterocycles. The van der Waals surface area contributed by atoms with Crippen LogP contribution in [0.3, 0.4) is 0 Å². The maximum Gasteiger partial charge on any atom is 0.258 e. The number of nitrogens with one attached hydrogen (secondary N) is 3. The first kappa shape index (κ1) is 13.6. The normalized spacial score (nSPS) is 15.8. The fraction of sp³-hybridized carbons (Fsp3) is 0.188. The van der Waals surface area contributed by atoms with Crippen LogP contribution in [-0.4, -0.2) is 18.2 Å². The number of aryl methyl sites for hydroxylation is 2. The van der Waals surface area contributed by atoms with Crippen molar-refractivity contribution < 1.29 is 9.59 Å². The molecule has 3 N–H and O–H groups in total. The summed E-state index contributed by atoms with van der Waals surface area (Å²) in [6, 6.07) is 5.51. The van der Waals surface area contributed by atoms with E-state index in [2.05, 4.69) is 21.0 Å². The quantitative estimate of drug-likeness (QED) is 0.267. The fourth-order valence-electron chi connectivity index (χ4n) is 3.49. The SMILES string of the molecule is N=N/N=C\Nc1cc2c3c(ccc4c3c1CCC4)C(=O)NC2=O. The number of carbonyl (C=O) groups excluding carboxylic acids is 2. The molecule has 23 heavy (non-hydrogen) atoms. The first-order valence-electron chi connectivity index (χ1n) is 7.32. The highest BCUT2D eigenvalue weighted by Crippen LogP contribution is 2.39. The molecule has 0 unspecified atom stereocenters. The summed E-state index contributed by atoms with van der Waals surface area (Å²) in [5, 5.41) is 13.5. The van der Waals surface area contributed by atoms with Crippen LogP contribution in [0, 0.1) is 5.53 Å². The van der Waals surface area contributed by atoms with Crippen molar-refractivity contribution in [2.45, 2.75) is 19.3 Å². The predicted octanol–water partition coefficient (Wildman–Crippen LogP) is 2.60. The largest absolute Gasteiger partial charge is 0.345 e. The third-order valence-corrected chi connectivity index (χ3v) is 4.40. The Morgan fingerprint density at radius 3 is 2.78 bits per heavy atom. The van der Waals surface area contributed by atoms with Gasteiger partial charge in [-0.05, 0) is 47.9 Å². The van der Waals surface area contributed by atoms with E-state index >= 15 is 0 Å². The Bertz CT molecular complexity index is 917. The lowest BCUT2D eigenvalue weighted by molar-refractivity contribution is 0.0845. The van der Waals surface area contributed by atoms with Gasteiger partial charge in [0, 0.05) is 16.6 Å². The Labute approximate surface area is 131 Å². The number of nitrogens with zero attached hydrogens (tertiary/aromatic N) is 2. The zero-order chi connectivity index (χ0) is 16.0. The molecule has 0 radical (unpaired) electrons. The molecule has 2 aromatic rings. The van der Waals surface area contributed by atoms with E-state index in [0.717, 1.165) is 46.8 Å². The Balaban J connectivity index is 2.07. The average Bonchev–Trinajstić information content (AvgIpc) is 2.56. The van der Waals surface area contributed by atoms with Gasteiger partial charge in [-0.2, -0.15) is 5.53 Å². The minimum absolute atomic E-state index is 0.346. The van der Waals surface area contributed by atoms with Gasteiger partial charge >= 0.3 is 0 Å². The van der Waals surface area contributed by atoms with Crippen molar-refractivity contribution >= 4 is 34.6 Å². The molecule has 114 valence electrons. The van der Waals surface area contributed by atoms with Crippen LogP contribution >= 0.6 is 0 Å². The van der Waals surface area contributed by atoms with Crippen LogP contribution in [0.2, 0.25) is 0 Å². The van der Waals surface area contributed by atoms with Crippen LogP contribution in [0.1, 0.15) is 38.3 Å². The maximum atomic E-state index is 12.3. The lowest BCUT2D eigenvalue weighted by Crippen LogP contribution is -2.35. The third-order valence-electron chi connectivity index (χ3n) is 4.40. The number of carbonyl (C=O) groups is 2. The van der Waals surface area contributed by atoms with Crippen LogP contribution < -0.4 is 10.6 Å². The molecule has 0 spiro atoms. The molecular weight excluding hydrogens is 294 g/mol. The molecule has 7 heteroatoms. The summed E-state index contributed by atoms with van der Waals surface area (Å²) in [5.74, 6) is -0.734. The Kier molecular flexibility index (Phi) is 2.94.